The minimum atomic E-state index is -0.197. The number of benzene rings is 2. The first kappa shape index (κ1) is 17.0. The molecule has 1 unspecified atom stereocenters. The van der Waals surface area contributed by atoms with Gasteiger partial charge in [-0.3, -0.25) is 4.79 Å². The summed E-state index contributed by atoms with van der Waals surface area (Å²) in [7, 11) is 0. The fraction of sp³-hybridized carbons (Fsp3) is 0.300. The van der Waals surface area contributed by atoms with E-state index in [-0.39, 0.29) is 24.5 Å². The number of rotatable bonds is 5. The van der Waals surface area contributed by atoms with E-state index in [0.717, 1.165) is 24.1 Å². The van der Waals surface area contributed by atoms with Gasteiger partial charge in [-0.1, -0.05) is 49.4 Å². The molecule has 2 N–H and O–H groups in total. The van der Waals surface area contributed by atoms with Gasteiger partial charge >= 0.3 is 6.03 Å². The molecule has 1 atom stereocenters. The number of aryl methyl sites for hydroxylation is 1. The molecule has 0 saturated carbocycles. The van der Waals surface area contributed by atoms with Gasteiger partial charge in [-0.05, 0) is 36.1 Å². The van der Waals surface area contributed by atoms with Crippen LogP contribution in [0.2, 0.25) is 0 Å². The van der Waals surface area contributed by atoms with Crippen molar-refractivity contribution in [2.45, 2.75) is 25.8 Å². The Morgan fingerprint density at radius 3 is 2.72 bits per heavy atom. The Hall–Kier alpha value is -2.82. The first-order valence-corrected chi connectivity index (χ1v) is 8.65. The van der Waals surface area contributed by atoms with E-state index in [9.17, 15) is 9.59 Å². The number of carbonyl (C=O) groups excluding carboxylic acids is 2. The molecule has 1 aliphatic rings. The Labute approximate surface area is 148 Å². The molecule has 1 saturated heterocycles. The van der Waals surface area contributed by atoms with Gasteiger partial charge in [0.05, 0.1) is 6.04 Å². The van der Waals surface area contributed by atoms with E-state index >= 15 is 0 Å². The van der Waals surface area contributed by atoms with E-state index in [0.29, 0.717) is 6.54 Å². The van der Waals surface area contributed by atoms with Crippen molar-refractivity contribution in [3.05, 3.63) is 65.7 Å². The highest BCUT2D eigenvalue weighted by atomic mass is 16.2. The number of urea groups is 1. The van der Waals surface area contributed by atoms with Gasteiger partial charge in [0, 0.05) is 12.2 Å². The van der Waals surface area contributed by atoms with Gasteiger partial charge in [0.2, 0.25) is 5.91 Å². The van der Waals surface area contributed by atoms with Gasteiger partial charge in [0.15, 0.2) is 0 Å². The third kappa shape index (κ3) is 4.38. The Balaban J connectivity index is 1.55. The molecular formula is C20H23N3O2. The predicted octanol–water partition coefficient (Wildman–Crippen LogP) is 3.34. The molecule has 1 aliphatic heterocycles. The predicted molar refractivity (Wildman–Crippen MR) is 98.4 cm³/mol. The van der Waals surface area contributed by atoms with Crippen molar-refractivity contribution in [1.29, 1.82) is 0 Å². The van der Waals surface area contributed by atoms with Crippen LogP contribution in [0.4, 0.5) is 10.5 Å². The van der Waals surface area contributed by atoms with E-state index in [1.165, 1.54) is 5.56 Å². The number of hydrogen-bond acceptors (Lipinski definition) is 2. The maximum atomic E-state index is 12.3. The van der Waals surface area contributed by atoms with Crippen molar-refractivity contribution in [2.24, 2.45) is 0 Å². The summed E-state index contributed by atoms with van der Waals surface area (Å²) in [6, 6.07) is 17.5. The maximum Gasteiger partial charge on any atom is 0.318 e. The SMILES string of the molecule is CCc1cccc(NC(=O)CN2CCC(c3ccccc3)NC2=O)c1. The number of nitrogens with one attached hydrogen (secondary N) is 2. The molecule has 0 bridgehead atoms. The Kier molecular flexibility index (Phi) is 5.33. The van der Waals surface area contributed by atoms with Crippen molar-refractivity contribution < 1.29 is 9.59 Å². The van der Waals surface area contributed by atoms with Crippen molar-refractivity contribution in [3.63, 3.8) is 0 Å². The molecule has 0 aliphatic carbocycles. The molecule has 1 heterocycles. The zero-order valence-electron chi connectivity index (χ0n) is 14.4. The second-order valence-electron chi connectivity index (χ2n) is 6.23. The first-order valence-electron chi connectivity index (χ1n) is 8.65. The summed E-state index contributed by atoms with van der Waals surface area (Å²) in [5.41, 5.74) is 3.03. The first-order chi connectivity index (χ1) is 12.2. The number of nitrogens with zero attached hydrogens (tertiary/aromatic N) is 1. The van der Waals surface area contributed by atoms with E-state index in [4.69, 9.17) is 0 Å². The summed E-state index contributed by atoms with van der Waals surface area (Å²) >= 11 is 0. The van der Waals surface area contributed by atoms with Crippen LogP contribution in [-0.4, -0.2) is 29.9 Å². The standard InChI is InChI=1S/C20H23N3O2/c1-2-15-7-6-10-17(13-15)21-19(24)14-23-12-11-18(22-20(23)25)16-8-4-3-5-9-16/h3-10,13,18H,2,11-12,14H2,1H3,(H,21,24)(H,22,25). The van der Waals surface area contributed by atoms with Crippen molar-refractivity contribution in [3.8, 4) is 0 Å². The summed E-state index contributed by atoms with van der Waals surface area (Å²) in [5, 5.41) is 5.84. The van der Waals surface area contributed by atoms with Gasteiger partial charge in [-0.2, -0.15) is 0 Å². The van der Waals surface area contributed by atoms with Gasteiger partial charge in [-0.25, -0.2) is 4.79 Å². The molecular weight excluding hydrogens is 314 g/mol. The minimum absolute atomic E-state index is 0.00856. The van der Waals surface area contributed by atoms with E-state index in [1.54, 1.807) is 4.90 Å². The summed E-state index contributed by atoms with van der Waals surface area (Å²) in [6.45, 7) is 2.69. The smallest absolute Gasteiger partial charge is 0.318 e. The van der Waals surface area contributed by atoms with Crippen LogP contribution in [-0.2, 0) is 11.2 Å². The van der Waals surface area contributed by atoms with Crippen molar-refractivity contribution in [1.82, 2.24) is 10.2 Å². The van der Waals surface area contributed by atoms with Crippen molar-refractivity contribution >= 4 is 17.6 Å². The lowest BCUT2D eigenvalue weighted by Crippen LogP contribution is -2.50. The maximum absolute atomic E-state index is 12.3. The minimum Gasteiger partial charge on any atom is -0.331 e. The molecule has 5 nitrogen and oxygen atoms in total. The Bertz CT molecular complexity index is 746. The molecule has 130 valence electrons. The zero-order valence-corrected chi connectivity index (χ0v) is 14.4. The number of amides is 3. The molecule has 5 heteroatoms. The van der Waals surface area contributed by atoms with Crippen LogP contribution in [0.25, 0.3) is 0 Å². The van der Waals surface area contributed by atoms with Gasteiger partial charge < -0.3 is 15.5 Å². The third-order valence-electron chi connectivity index (χ3n) is 4.43. The molecule has 0 aromatic heterocycles. The summed E-state index contributed by atoms with van der Waals surface area (Å²) < 4.78 is 0. The topological polar surface area (TPSA) is 61.4 Å². The third-order valence-corrected chi connectivity index (χ3v) is 4.43. The normalized spacial score (nSPS) is 17.1. The molecule has 3 amide bonds. The van der Waals surface area contributed by atoms with Crippen molar-refractivity contribution in [2.75, 3.05) is 18.4 Å². The van der Waals surface area contributed by atoms with E-state index in [1.807, 2.05) is 54.6 Å². The fourth-order valence-corrected chi connectivity index (χ4v) is 3.03. The average molecular weight is 337 g/mol. The lowest BCUT2D eigenvalue weighted by Gasteiger charge is -2.32. The van der Waals surface area contributed by atoms with Crippen LogP contribution in [0.1, 0.15) is 30.5 Å². The van der Waals surface area contributed by atoms with Crippen LogP contribution in [0.15, 0.2) is 54.6 Å². The average Bonchev–Trinajstić information content (AvgIpc) is 2.64. The fourth-order valence-electron chi connectivity index (χ4n) is 3.03. The molecule has 1 fully saturated rings. The Morgan fingerprint density at radius 2 is 2.00 bits per heavy atom. The number of hydrogen-bond donors (Lipinski definition) is 2. The van der Waals surface area contributed by atoms with Gasteiger partial charge in [0.1, 0.15) is 6.54 Å². The Morgan fingerprint density at radius 1 is 1.20 bits per heavy atom. The van der Waals surface area contributed by atoms with E-state index in [2.05, 4.69) is 17.6 Å². The molecule has 2 aromatic rings. The van der Waals surface area contributed by atoms with Crippen LogP contribution in [0, 0.1) is 0 Å². The molecule has 2 aromatic carbocycles. The second-order valence-corrected chi connectivity index (χ2v) is 6.23. The molecule has 0 spiro atoms. The molecule has 3 rings (SSSR count). The van der Waals surface area contributed by atoms with Crippen LogP contribution < -0.4 is 10.6 Å². The number of carbonyl (C=O) groups is 2. The molecule has 0 radical (unpaired) electrons. The molecule has 25 heavy (non-hydrogen) atoms. The summed E-state index contributed by atoms with van der Waals surface area (Å²) in [6.07, 6.45) is 1.70. The highest BCUT2D eigenvalue weighted by Crippen LogP contribution is 2.21. The zero-order chi connectivity index (χ0) is 17.6. The van der Waals surface area contributed by atoms with Gasteiger partial charge in [0.25, 0.3) is 0 Å². The largest absolute Gasteiger partial charge is 0.331 e. The number of anilines is 1. The van der Waals surface area contributed by atoms with Gasteiger partial charge in [-0.15, -0.1) is 0 Å². The van der Waals surface area contributed by atoms with Crippen LogP contribution in [0.3, 0.4) is 0 Å². The second kappa shape index (κ2) is 7.83. The van der Waals surface area contributed by atoms with E-state index < -0.39 is 0 Å². The monoisotopic (exact) mass is 337 g/mol. The highest BCUT2D eigenvalue weighted by molar-refractivity contribution is 5.94. The summed E-state index contributed by atoms with van der Waals surface area (Å²) in [5.74, 6) is -0.179. The lowest BCUT2D eigenvalue weighted by atomic mass is 10.0. The highest BCUT2D eigenvalue weighted by Gasteiger charge is 2.27. The summed E-state index contributed by atoms with van der Waals surface area (Å²) in [4.78, 5) is 26.1. The quantitative estimate of drug-likeness (QED) is 0.879. The van der Waals surface area contributed by atoms with Crippen LogP contribution in [0.5, 0.6) is 0 Å². The van der Waals surface area contributed by atoms with Crippen LogP contribution >= 0.6 is 0 Å². The lowest BCUT2D eigenvalue weighted by molar-refractivity contribution is -0.116.